The molecule has 0 aromatic carbocycles. The summed E-state index contributed by atoms with van der Waals surface area (Å²) in [7, 11) is 3.62. The summed E-state index contributed by atoms with van der Waals surface area (Å²) < 4.78 is 1.69. The van der Waals surface area contributed by atoms with Crippen molar-refractivity contribution in [3.8, 4) is 0 Å². The Morgan fingerprint density at radius 1 is 1.65 bits per heavy atom. The highest BCUT2D eigenvalue weighted by atomic mass is 35.5. The van der Waals surface area contributed by atoms with Crippen LogP contribution in [0.3, 0.4) is 0 Å². The van der Waals surface area contributed by atoms with E-state index >= 15 is 0 Å². The molecule has 1 atom stereocenters. The summed E-state index contributed by atoms with van der Waals surface area (Å²) in [5, 5.41) is 7.20. The Kier molecular flexibility index (Phi) is 6.92. The van der Waals surface area contributed by atoms with E-state index in [1.54, 1.807) is 34.6 Å². The van der Waals surface area contributed by atoms with Crippen LogP contribution in [-0.4, -0.2) is 40.4 Å². The topological polar surface area (TPSA) is 50.2 Å². The summed E-state index contributed by atoms with van der Waals surface area (Å²) >= 11 is 1.75. The molecule has 0 saturated carbocycles. The molecule has 1 aromatic rings. The fraction of sp³-hybridized carbons (Fsp3) is 0.556. The number of nitrogens with zero attached hydrogens (tertiary/aromatic N) is 3. The van der Waals surface area contributed by atoms with Crippen molar-refractivity contribution in [1.82, 2.24) is 15.1 Å². The van der Waals surface area contributed by atoms with Crippen molar-refractivity contribution < 1.29 is 4.79 Å². The van der Waals surface area contributed by atoms with Crippen molar-refractivity contribution in [1.29, 1.82) is 0 Å². The van der Waals surface area contributed by atoms with Gasteiger partial charge in [-0.05, 0) is 0 Å². The first-order valence-electron chi connectivity index (χ1n) is 4.76. The van der Waals surface area contributed by atoms with Crippen LogP contribution < -0.4 is 10.2 Å². The van der Waals surface area contributed by atoms with Gasteiger partial charge in [0.1, 0.15) is 0 Å². The molecule has 17 heavy (non-hydrogen) atoms. The minimum absolute atomic E-state index is 0. The van der Waals surface area contributed by atoms with Crippen molar-refractivity contribution in [3.05, 3.63) is 12.4 Å². The number of hydrogen-bond donors (Lipinski definition) is 1. The number of halogens is 2. The zero-order valence-corrected chi connectivity index (χ0v) is 12.1. The molecule has 0 radical (unpaired) electrons. The van der Waals surface area contributed by atoms with Gasteiger partial charge in [0, 0.05) is 31.9 Å². The Morgan fingerprint density at radius 3 is 2.82 bits per heavy atom. The molecule has 5 nitrogen and oxygen atoms in total. The van der Waals surface area contributed by atoms with Gasteiger partial charge in [0.15, 0.2) is 0 Å². The number of rotatable bonds is 2. The largest absolute Gasteiger partial charge is 0.311 e. The van der Waals surface area contributed by atoms with Gasteiger partial charge < -0.3 is 4.90 Å². The molecule has 1 aliphatic rings. The Hall–Kier alpha value is -0.430. The van der Waals surface area contributed by atoms with Gasteiger partial charge in [0.05, 0.1) is 17.9 Å². The van der Waals surface area contributed by atoms with Gasteiger partial charge in [-0.2, -0.15) is 5.10 Å². The van der Waals surface area contributed by atoms with Crippen LogP contribution in [0, 0.1) is 0 Å². The lowest BCUT2D eigenvalue weighted by Gasteiger charge is -2.18. The maximum Gasteiger partial charge on any atom is 0.244 e. The summed E-state index contributed by atoms with van der Waals surface area (Å²) in [6.45, 7) is 0. The number of thioether (sulfide) groups is 1. The number of likely N-dealkylation sites (N-methyl/N-ethyl adjacent to an activating group) is 1. The number of carbonyl (C=O) groups is 1. The van der Waals surface area contributed by atoms with Crippen LogP contribution in [0.5, 0.6) is 0 Å². The van der Waals surface area contributed by atoms with Crippen LogP contribution in [0.4, 0.5) is 5.69 Å². The van der Waals surface area contributed by atoms with Gasteiger partial charge in [0.25, 0.3) is 0 Å². The molecule has 1 N–H and O–H groups in total. The highest BCUT2D eigenvalue weighted by molar-refractivity contribution is 7.99. The third-order valence-corrected chi connectivity index (χ3v) is 3.36. The number of nitrogens with one attached hydrogen (secondary N) is 1. The number of aromatic nitrogens is 2. The molecule has 1 unspecified atom stereocenters. The zero-order valence-electron chi connectivity index (χ0n) is 9.62. The molecule has 1 aromatic heterocycles. The maximum absolute atomic E-state index is 12.0. The van der Waals surface area contributed by atoms with E-state index in [0.29, 0.717) is 0 Å². The second-order valence-corrected chi connectivity index (χ2v) is 4.57. The van der Waals surface area contributed by atoms with E-state index in [1.807, 2.05) is 13.2 Å². The SMILES string of the molecule is CN(C(=O)C1CSCN1)c1cnn(C)c1.Cl.Cl. The number of hydrogen-bond acceptors (Lipinski definition) is 4. The average Bonchev–Trinajstić information content (AvgIpc) is 2.85. The molecule has 8 heteroatoms. The molecular weight excluding hydrogens is 283 g/mol. The molecule has 98 valence electrons. The van der Waals surface area contributed by atoms with Gasteiger partial charge in [-0.15, -0.1) is 36.6 Å². The van der Waals surface area contributed by atoms with Crippen molar-refractivity contribution in [2.24, 2.45) is 7.05 Å². The zero-order chi connectivity index (χ0) is 10.8. The molecule has 2 rings (SSSR count). The van der Waals surface area contributed by atoms with E-state index in [1.165, 1.54) is 0 Å². The Bertz CT molecular complexity index is 368. The molecule has 0 bridgehead atoms. The predicted molar refractivity (Wildman–Crippen MR) is 75.4 cm³/mol. The van der Waals surface area contributed by atoms with Crippen LogP contribution in [0.2, 0.25) is 0 Å². The van der Waals surface area contributed by atoms with Gasteiger partial charge in [0.2, 0.25) is 5.91 Å². The Balaban J connectivity index is 0.00000128. The minimum Gasteiger partial charge on any atom is -0.311 e. The molecule has 1 amide bonds. The second kappa shape index (κ2) is 7.10. The quantitative estimate of drug-likeness (QED) is 0.881. The molecule has 1 aliphatic heterocycles. The van der Waals surface area contributed by atoms with Crippen LogP contribution in [0.15, 0.2) is 12.4 Å². The number of anilines is 1. The number of amides is 1. The van der Waals surface area contributed by atoms with Crippen LogP contribution in [0.25, 0.3) is 0 Å². The first-order chi connectivity index (χ1) is 7.18. The summed E-state index contributed by atoms with van der Waals surface area (Å²) in [4.78, 5) is 13.6. The lowest BCUT2D eigenvalue weighted by molar-refractivity contribution is -0.119. The van der Waals surface area contributed by atoms with Gasteiger partial charge >= 0.3 is 0 Å². The van der Waals surface area contributed by atoms with E-state index < -0.39 is 0 Å². The van der Waals surface area contributed by atoms with E-state index in [-0.39, 0.29) is 36.8 Å². The molecule has 2 heterocycles. The molecular formula is C9H16Cl2N4OS. The van der Waals surface area contributed by atoms with Gasteiger partial charge in [-0.25, -0.2) is 0 Å². The lowest BCUT2D eigenvalue weighted by Crippen LogP contribution is -2.43. The normalized spacial score (nSPS) is 18.1. The molecule has 0 spiro atoms. The fourth-order valence-electron chi connectivity index (χ4n) is 1.50. The second-order valence-electron chi connectivity index (χ2n) is 3.54. The van der Waals surface area contributed by atoms with E-state index in [4.69, 9.17) is 0 Å². The first-order valence-corrected chi connectivity index (χ1v) is 5.91. The van der Waals surface area contributed by atoms with Crippen LogP contribution >= 0.6 is 36.6 Å². The summed E-state index contributed by atoms with van der Waals surface area (Å²) in [5.41, 5.74) is 0.834. The first kappa shape index (κ1) is 16.6. The van der Waals surface area contributed by atoms with Crippen molar-refractivity contribution in [3.63, 3.8) is 0 Å². The number of aryl methyl sites for hydroxylation is 1. The summed E-state index contributed by atoms with van der Waals surface area (Å²) in [6.07, 6.45) is 3.53. The summed E-state index contributed by atoms with van der Waals surface area (Å²) in [5.74, 6) is 1.81. The van der Waals surface area contributed by atoms with Crippen LogP contribution in [0.1, 0.15) is 0 Å². The lowest BCUT2D eigenvalue weighted by atomic mass is 10.3. The highest BCUT2D eigenvalue weighted by Crippen LogP contribution is 2.16. The van der Waals surface area contributed by atoms with Crippen LogP contribution in [-0.2, 0) is 11.8 Å². The van der Waals surface area contributed by atoms with Crippen molar-refractivity contribution >= 4 is 48.2 Å². The van der Waals surface area contributed by atoms with Gasteiger partial charge in [-0.1, -0.05) is 0 Å². The van der Waals surface area contributed by atoms with E-state index in [0.717, 1.165) is 17.3 Å². The fourth-order valence-corrected chi connectivity index (χ4v) is 2.43. The smallest absolute Gasteiger partial charge is 0.244 e. The van der Waals surface area contributed by atoms with E-state index in [9.17, 15) is 4.79 Å². The average molecular weight is 299 g/mol. The molecule has 1 saturated heterocycles. The monoisotopic (exact) mass is 298 g/mol. The Morgan fingerprint density at radius 2 is 2.35 bits per heavy atom. The molecule has 0 aliphatic carbocycles. The van der Waals surface area contributed by atoms with Crippen molar-refractivity contribution in [2.45, 2.75) is 6.04 Å². The molecule has 1 fully saturated rings. The predicted octanol–water partition coefficient (Wildman–Crippen LogP) is 0.889. The Labute approximate surface area is 117 Å². The number of carbonyl (C=O) groups excluding carboxylic acids is 1. The van der Waals surface area contributed by atoms with E-state index in [2.05, 4.69) is 10.4 Å². The maximum atomic E-state index is 12.0. The third-order valence-electron chi connectivity index (χ3n) is 2.42. The third kappa shape index (κ3) is 3.77. The van der Waals surface area contributed by atoms with Crippen molar-refractivity contribution in [2.75, 3.05) is 23.6 Å². The summed E-state index contributed by atoms with van der Waals surface area (Å²) in [6, 6.07) is -0.0554. The minimum atomic E-state index is -0.0554. The highest BCUT2D eigenvalue weighted by Gasteiger charge is 2.26. The standard InChI is InChI=1S/C9H14N4OS.2ClH/c1-12-4-7(3-11-12)13(2)9(14)8-5-15-6-10-8;;/h3-4,8,10H,5-6H2,1-2H3;2*1H. The van der Waals surface area contributed by atoms with Gasteiger partial charge in [-0.3, -0.25) is 14.8 Å².